The maximum absolute atomic E-state index is 12.0. The van der Waals surface area contributed by atoms with E-state index in [0.717, 1.165) is 32.6 Å². The Morgan fingerprint density at radius 2 is 1.95 bits per heavy atom. The van der Waals surface area contributed by atoms with Crippen LogP contribution in [0.3, 0.4) is 0 Å². The molecule has 0 saturated carbocycles. The van der Waals surface area contributed by atoms with Crippen LogP contribution in [0, 0.1) is 0 Å². The number of benzene rings is 1. The minimum Gasteiger partial charge on any atom is -0.343 e. The fourth-order valence-corrected chi connectivity index (χ4v) is 3.22. The second-order valence-electron chi connectivity index (χ2n) is 5.87. The molecule has 0 spiro atoms. The maximum atomic E-state index is 12.0. The average Bonchev–Trinajstić information content (AvgIpc) is 2.98. The van der Waals surface area contributed by atoms with E-state index in [-0.39, 0.29) is 0 Å². The van der Waals surface area contributed by atoms with Gasteiger partial charge in [0.1, 0.15) is 0 Å². The van der Waals surface area contributed by atoms with Gasteiger partial charge in [0.15, 0.2) is 0 Å². The van der Waals surface area contributed by atoms with E-state index >= 15 is 0 Å². The normalized spacial score (nSPS) is 18.9. The van der Waals surface area contributed by atoms with Gasteiger partial charge in [-0.15, -0.1) is 0 Å². The lowest BCUT2D eigenvalue weighted by atomic mass is 9.99. The van der Waals surface area contributed by atoms with Crippen LogP contribution in [-0.2, 0) is 4.79 Å². The molecule has 1 aromatic rings. The molecule has 0 radical (unpaired) electrons. The van der Waals surface area contributed by atoms with Crippen molar-refractivity contribution < 1.29 is 4.79 Å². The zero-order valence-corrected chi connectivity index (χ0v) is 13.4. The molecule has 1 atom stereocenters. The Labute approximate surface area is 128 Å². The van der Waals surface area contributed by atoms with Crippen molar-refractivity contribution in [2.75, 3.05) is 32.7 Å². The maximum Gasteiger partial charge on any atom is 0.222 e. The van der Waals surface area contributed by atoms with Crippen molar-refractivity contribution in [2.45, 2.75) is 39.0 Å². The van der Waals surface area contributed by atoms with E-state index in [4.69, 9.17) is 0 Å². The second-order valence-corrected chi connectivity index (χ2v) is 5.87. The number of rotatable bonds is 7. The van der Waals surface area contributed by atoms with Gasteiger partial charge >= 0.3 is 0 Å². The van der Waals surface area contributed by atoms with Crippen molar-refractivity contribution in [1.29, 1.82) is 0 Å². The minimum atomic E-state index is 0.304. The molecular formula is C18H28N2O. The highest BCUT2D eigenvalue weighted by molar-refractivity contribution is 5.76. The Balaban J connectivity index is 1.70. The zero-order valence-electron chi connectivity index (χ0n) is 13.4. The largest absolute Gasteiger partial charge is 0.343 e. The zero-order chi connectivity index (χ0) is 15.1. The molecule has 1 heterocycles. The van der Waals surface area contributed by atoms with Crippen molar-refractivity contribution in [3.8, 4) is 0 Å². The molecule has 3 heteroatoms. The molecule has 1 aliphatic heterocycles. The highest BCUT2D eigenvalue weighted by Crippen LogP contribution is 2.26. The van der Waals surface area contributed by atoms with E-state index in [1.807, 2.05) is 18.7 Å². The van der Waals surface area contributed by atoms with Crippen molar-refractivity contribution in [2.24, 2.45) is 0 Å². The van der Waals surface area contributed by atoms with Gasteiger partial charge in [0.25, 0.3) is 0 Å². The van der Waals surface area contributed by atoms with Crippen LogP contribution >= 0.6 is 0 Å². The van der Waals surface area contributed by atoms with Gasteiger partial charge in [-0.25, -0.2) is 0 Å². The lowest BCUT2D eigenvalue weighted by Gasteiger charge is -2.20. The third-order valence-electron chi connectivity index (χ3n) is 4.52. The summed E-state index contributed by atoms with van der Waals surface area (Å²) in [5, 5.41) is 0. The van der Waals surface area contributed by atoms with Gasteiger partial charge in [-0.05, 0) is 51.3 Å². The summed E-state index contributed by atoms with van der Waals surface area (Å²) in [4.78, 5) is 16.4. The number of amides is 1. The minimum absolute atomic E-state index is 0.304. The molecule has 0 aromatic heterocycles. The predicted molar refractivity (Wildman–Crippen MR) is 87.4 cm³/mol. The quantitative estimate of drug-likeness (QED) is 0.769. The van der Waals surface area contributed by atoms with Gasteiger partial charge in [-0.3, -0.25) is 4.79 Å². The third kappa shape index (κ3) is 4.57. The SMILES string of the molecule is CCN(CC)C(=O)CCCN1CC[C@@H](c2ccccc2)C1. The Hall–Kier alpha value is -1.35. The number of likely N-dealkylation sites (tertiary alicyclic amines) is 1. The van der Waals surface area contributed by atoms with Gasteiger partial charge < -0.3 is 9.80 Å². The van der Waals surface area contributed by atoms with E-state index in [1.54, 1.807) is 0 Å². The monoisotopic (exact) mass is 288 g/mol. The molecule has 0 bridgehead atoms. The van der Waals surface area contributed by atoms with Crippen LogP contribution in [0.5, 0.6) is 0 Å². The van der Waals surface area contributed by atoms with Crippen molar-refractivity contribution in [3.05, 3.63) is 35.9 Å². The third-order valence-corrected chi connectivity index (χ3v) is 4.52. The first-order valence-electron chi connectivity index (χ1n) is 8.29. The van der Waals surface area contributed by atoms with E-state index in [1.165, 1.54) is 18.5 Å². The molecule has 0 aliphatic carbocycles. The summed E-state index contributed by atoms with van der Waals surface area (Å²) in [6, 6.07) is 10.8. The summed E-state index contributed by atoms with van der Waals surface area (Å²) >= 11 is 0. The van der Waals surface area contributed by atoms with Gasteiger partial charge in [-0.2, -0.15) is 0 Å². The number of hydrogen-bond donors (Lipinski definition) is 0. The molecule has 3 nitrogen and oxygen atoms in total. The summed E-state index contributed by atoms with van der Waals surface area (Å²) in [7, 11) is 0. The van der Waals surface area contributed by atoms with Crippen LogP contribution in [0.1, 0.15) is 44.6 Å². The van der Waals surface area contributed by atoms with E-state index in [9.17, 15) is 4.79 Å². The second kappa shape index (κ2) is 8.18. The number of carbonyl (C=O) groups excluding carboxylic acids is 1. The van der Waals surface area contributed by atoms with Crippen LogP contribution in [0.4, 0.5) is 0 Å². The first-order valence-corrected chi connectivity index (χ1v) is 8.29. The highest BCUT2D eigenvalue weighted by Gasteiger charge is 2.23. The Bertz CT molecular complexity index is 428. The molecule has 0 N–H and O–H groups in total. The number of nitrogens with zero attached hydrogens (tertiary/aromatic N) is 2. The van der Waals surface area contributed by atoms with Crippen molar-refractivity contribution in [3.63, 3.8) is 0 Å². The Kier molecular flexibility index (Phi) is 6.24. The molecule has 21 heavy (non-hydrogen) atoms. The lowest BCUT2D eigenvalue weighted by Crippen LogP contribution is -2.31. The van der Waals surface area contributed by atoms with Gasteiger partial charge in [0.05, 0.1) is 0 Å². The predicted octanol–water partition coefficient (Wildman–Crippen LogP) is 3.12. The molecular weight excluding hydrogens is 260 g/mol. The molecule has 2 rings (SSSR count). The Morgan fingerprint density at radius 1 is 1.24 bits per heavy atom. The lowest BCUT2D eigenvalue weighted by molar-refractivity contribution is -0.130. The highest BCUT2D eigenvalue weighted by atomic mass is 16.2. The summed E-state index contributed by atoms with van der Waals surface area (Å²) in [6.07, 6.45) is 2.92. The topological polar surface area (TPSA) is 23.6 Å². The summed E-state index contributed by atoms with van der Waals surface area (Å²) < 4.78 is 0. The summed E-state index contributed by atoms with van der Waals surface area (Å²) in [5.74, 6) is 0.975. The van der Waals surface area contributed by atoms with Crippen LogP contribution < -0.4 is 0 Å². The number of hydrogen-bond acceptors (Lipinski definition) is 2. The van der Waals surface area contributed by atoms with Gasteiger partial charge in [0, 0.05) is 26.1 Å². The average molecular weight is 288 g/mol. The van der Waals surface area contributed by atoms with E-state index in [2.05, 4.69) is 35.2 Å². The summed E-state index contributed by atoms with van der Waals surface area (Å²) in [5.41, 5.74) is 1.46. The molecule has 1 aromatic carbocycles. The van der Waals surface area contributed by atoms with Crippen LogP contribution in [-0.4, -0.2) is 48.4 Å². The molecule has 1 aliphatic rings. The fourth-order valence-electron chi connectivity index (χ4n) is 3.22. The molecule has 1 amide bonds. The van der Waals surface area contributed by atoms with E-state index in [0.29, 0.717) is 18.2 Å². The van der Waals surface area contributed by atoms with Crippen LogP contribution in [0.25, 0.3) is 0 Å². The fraction of sp³-hybridized carbons (Fsp3) is 0.611. The molecule has 1 fully saturated rings. The van der Waals surface area contributed by atoms with Crippen LogP contribution in [0.2, 0.25) is 0 Å². The Morgan fingerprint density at radius 3 is 2.62 bits per heavy atom. The van der Waals surface area contributed by atoms with Crippen LogP contribution in [0.15, 0.2) is 30.3 Å². The first-order chi connectivity index (χ1) is 10.2. The van der Waals surface area contributed by atoms with E-state index < -0.39 is 0 Å². The standard InChI is InChI=1S/C18H28N2O/c1-3-20(4-2)18(21)11-8-13-19-14-12-17(15-19)16-9-6-5-7-10-16/h5-7,9-10,17H,3-4,8,11-15H2,1-2H3/t17-/m1/s1. The summed E-state index contributed by atoms with van der Waals surface area (Å²) in [6.45, 7) is 9.11. The van der Waals surface area contributed by atoms with Crippen molar-refractivity contribution in [1.82, 2.24) is 9.80 Å². The van der Waals surface area contributed by atoms with Gasteiger partial charge in [-0.1, -0.05) is 30.3 Å². The molecule has 116 valence electrons. The number of carbonyl (C=O) groups is 1. The van der Waals surface area contributed by atoms with Gasteiger partial charge in [0.2, 0.25) is 5.91 Å². The smallest absolute Gasteiger partial charge is 0.222 e. The molecule has 0 unspecified atom stereocenters. The first kappa shape index (κ1) is 16.0. The molecule has 1 saturated heterocycles. The van der Waals surface area contributed by atoms with Crippen molar-refractivity contribution >= 4 is 5.91 Å².